The maximum Gasteiger partial charge on any atom is 0.241 e. The van der Waals surface area contributed by atoms with Gasteiger partial charge >= 0.3 is 0 Å². The van der Waals surface area contributed by atoms with Crippen LogP contribution in [0.3, 0.4) is 0 Å². The van der Waals surface area contributed by atoms with Crippen LogP contribution in [-0.2, 0) is 11.2 Å². The van der Waals surface area contributed by atoms with Gasteiger partial charge in [-0.2, -0.15) is 0 Å². The Kier molecular flexibility index (Phi) is 4.57. The smallest absolute Gasteiger partial charge is 0.241 e. The molecule has 24 heavy (non-hydrogen) atoms. The molecular weight excluding hydrogens is 300 g/mol. The van der Waals surface area contributed by atoms with Gasteiger partial charge in [0.05, 0.1) is 6.54 Å². The number of rotatable bonds is 3. The molecular formula is C19H28N4O. The molecule has 0 radical (unpaired) electrons. The average molecular weight is 328 g/mol. The molecule has 0 aliphatic carbocycles. The molecule has 3 aliphatic rings. The molecule has 0 spiro atoms. The van der Waals surface area contributed by atoms with Crippen molar-refractivity contribution in [2.45, 2.75) is 31.8 Å². The number of hydrogen-bond donors (Lipinski definition) is 1. The Bertz CT molecular complexity index is 591. The Morgan fingerprint density at radius 3 is 2.75 bits per heavy atom. The van der Waals surface area contributed by atoms with Crippen molar-refractivity contribution in [3.8, 4) is 0 Å². The zero-order chi connectivity index (χ0) is 16.5. The summed E-state index contributed by atoms with van der Waals surface area (Å²) in [5.41, 5.74) is 2.42. The van der Waals surface area contributed by atoms with Crippen LogP contribution in [0.5, 0.6) is 0 Å². The minimum atomic E-state index is 0.253. The maximum absolute atomic E-state index is 12.9. The summed E-state index contributed by atoms with van der Waals surface area (Å²) in [6.07, 6.45) is 2.24. The maximum atomic E-state index is 12.9. The molecule has 2 saturated heterocycles. The zero-order valence-corrected chi connectivity index (χ0v) is 14.6. The van der Waals surface area contributed by atoms with E-state index in [0.717, 1.165) is 51.4 Å². The van der Waals surface area contributed by atoms with E-state index in [9.17, 15) is 4.79 Å². The molecule has 1 amide bonds. The van der Waals surface area contributed by atoms with Gasteiger partial charge in [-0.05, 0) is 37.9 Å². The van der Waals surface area contributed by atoms with Crippen molar-refractivity contribution in [1.82, 2.24) is 15.1 Å². The van der Waals surface area contributed by atoms with Gasteiger partial charge in [-0.15, -0.1) is 0 Å². The molecule has 3 heterocycles. The van der Waals surface area contributed by atoms with E-state index >= 15 is 0 Å². The first kappa shape index (κ1) is 16.1. The highest BCUT2D eigenvalue weighted by Crippen LogP contribution is 2.31. The van der Waals surface area contributed by atoms with Crippen LogP contribution in [0.1, 0.15) is 18.9 Å². The summed E-state index contributed by atoms with van der Waals surface area (Å²) < 4.78 is 0. The molecule has 1 aromatic carbocycles. The summed E-state index contributed by atoms with van der Waals surface area (Å²) in [7, 11) is 0. The van der Waals surface area contributed by atoms with Gasteiger partial charge in [0.25, 0.3) is 0 Å². The summed E-state index contributed by atoms with van der Waals surface area (Å²) in [5.74, 6) is 0.253. The Labute approximate surface area is 144 Å². The van der Waals surface area contributed by atoms with Gasteiger partial charge in [-0.1, -0.05) is 18.2 Å². The van der Waals surface area contributed by atoms with Crippen LogP contribution in [-0.4, -0.2) is 73.6 Å². The van der Waals surface area contributed by atoms with Crippen LogP contribution in [0, 0.1) is 0 Å². The van der Waals surface area contributed by atoms with Gasteiger partial charge in [0.15, 0.2) is 0 Å². The van der Waals surface area contributed by atoms with E-state index in [4.69, 9.17) is 0 Å². The molecule has 0 bridgehead atoms. The van der Waals surface area contributed by atoms with E-state index in [1.807, 2.05) is 11.0 Å². The van der Waals surface area contributed by atoms with Crippen LogP contribution in [0.15, 0.2) is 24.3 Å². The molecule has 3 aliphatic heterocycles. The second kappa shape index (κ2) is 6.82. The fraction of sp³-hybridized carbons (Fsp3) is 0.632. The average Bonchev–Trinajstić information content (AvgIpc) is 3.22. The predicted octanol–water partition coefficient (Wildman–Crippen LogP) is 0.944. The van der Waals surface area contributed by atoms with Crippen LogP contribution in [0.25, 0.3) is 0 Å². The lowest BCUT2D eigenvalue weighted by molar-refractivity contribution is -0.120. The van der Waals surface area contributed by atoms with E-state index in [0.29, 0.717) is 12.6 Å². The first-order valence-electron chi connectivity index (χ1n) is 9.29. The van der Waals surface area contributed by atoms with E-state index in [1.165, 1.54) is 12.0 Å². The lowest BCUT2D eigenvalue weighted by Gasteiger charge is -2.38. The van der Waals surface area contributed by atoms with Gasteiger partial charge in [0.2, 0.25) is 5.91 Å². The van der Waals surface area contributed by atoms with Crippen molar-refractivity contribution in [3.63, 3.8) is 0 Å². The second-order valence-corrected chi connectivity index (χ2v) is 7.40. The lowest BCUT2D eigenvalue weighted by atomic mass is 10.1. The number of carbonyl (C=O) groups is 1. The van der Waals surface area contributed by atoms with Crippen LogP contribution in [0.2, 0.25) is 0 Å². The van der Waals surface area contributed by atoms with Crippen LogP contribution < -0.4 is 10.2 Å². The van der Waals surface area contributed by atoms with E-state index in [-0.39, 0.29) is 11.9 Å². The molecule has 2 unspecified atom stereocenters. The summed E-state index contributed by atoms with van der Waals surface area (Å²) >= 11 is 0. The number of carbonyl (C=O) groups excluding carboxylic acids is 1. The minimum absolute atomic E-state index is 0.253. The normalized spacial score (nSPS) is 28.3. The highest BCUT2D eigenvalue weighted by molar-refractivity contribution is 5.97. The third kappa shape index (κ3) is 3.08. The van der Waals surface area contributed by atoms with E-state index < -0.39 is 0 Å². The standard InChI is InChI=1S/C19H28N4O/c1-15-12-16-4-2-3-5-18(16)23(15)19(24)14-21-8-10-22(11-9-21)17-6-7-20-13-17/h2-5,15,17,20H,6-14H2,1H3. The number of nitrogens with zero attached hydrogens (tertiary/aromatic N) is 3. The first-order valence-corrected chi connectivity index (χ1v) is 9.29. The van der Waals surface area contributed by atoms with Crippen molar-refractivity contribution < 1.29 is 4.79 Å². The number of piperazine rings is 1. The van der Waals surface area contributed by atoms with Gasteiger partial charge in [0, 0.05) is 50.5 Å². The number of fused-ring (bicyclic) bond motifs is 1. The number of benzene rings is 1. The summed E-state index contributed by atoms with van der Waals surface area (Å²) in [6, 6.07) is 9.31. The molecule has 1 N–H and O–H groups in total. The second-order valence-electron chi connectivity index (χ2n) is 7.40. The molecule has 0 aromatic heterocycles. The monoisotopic (exact) mass is 328 g/mol. The van der Waals surface area contributed by atoms with Crippen LogP contribution >= 0.6 is 0 Å². The molecule has 4 rings (SSSR count). The molecule has 1 aromatic rings. The van der Waals surface area contributed by atoms with Crippen molar-refractivity contribution in [1.29, 1.82) is 0 Å². The Morgan fingerprint density at radius 1 is 1.21 bits per heavy atom. The predicted molar refractivity (Wildman–Crippen MR) is 96.4 cm³/mol. The SMILES string of the molecule is CC1Cc2ccccc2N1C(=O)CN1CCN(C2CCNC2)CC1. The van der Waals surface area contributed by atoms with Crippen molar-refractivity contribution in [2.24, 2.45) is 0 Å². The highest BCUT2D eigenvalue weighted by Gasteiger charge is 2.32. The van der Waals surface area contributed by atoms with Crippen molar-refractivity contribution in [2.75, 3.05) is 50.7 Å². The molecule has 5 heteroatoms. The minimum Gasteiger partial charge on any atom is -0.315 e. The van der Waals surface area contributed by atoms with Crippen molar-refractivity contribution >= 4 is 11.6 Å². The van der Waals surface area contributed by atoms with E-state index in [1.54, 1.807) is 0 Å². The number of anilines is 1. The number of nitrogens with one attached hydrogen (secondary N) is 1. The van der Waals surface area contributed by atoms with E-state index in [2.05, 4.69) is 40.2 Å². The first-order chi connectivity index (χ1) is 11.7. The Hall–Kier alpha value is -1.43. The highest BCUT2D eigenvalue weighted by atomic mass is 16.2. The molecule has 0 saturated carbocycles. The van der Waals surface area contributed by atoms with Gasteiger partial charge in [-0.25, -0.2) is 0 Å². The zero-order valence-electron chi connectivity index (χ0n) is 14.6. The topological polar surface area (TPSA) is 38.8 Å². The lowest BCUT2D eigenvalue weighted by Crippen LogP contribution is -2.53. The van der Waals surface area contributed by atoms with Crippen LogP contribution in [0.4, 0.5) is 5.69 Å². The van der Waals surface area contributed by atoms with Gasteiger partial charge in [-0.3, -0.25) is 14.6 Å². The molecule has 5 nitrogen and oxygen atoms in total. The Morgan fingerprint density at radius 2 is 2.00 bits per heavy atom. The number of hydrogen-bond acceptors (Lipinski definition) is 4. The summed E-state index contributed by atoms with van der Waals surface area (Å²) in [4.78, 5) is 19.8. The fourth-order valence-corrected chi connectivity index (χ4v) is 4.45. The molecule has 2 atom stereocenters. The molecule has 130 valence electrons. The fourth-order valence-electron chi connectivity index (χ4n) is 4.45. The number of para-hydroxylation sites is 1. The summed E-state index contributed by atoms with van der Waals surface area (Å²) in [5, 5.41) is 3.45. The third-order valence-electron chi connectivity index (χ3n) is 5.79. The summed E-state index contributed by atoms with van der Waals surface area (Å²) in [6.45, 7) is 9.17. The quantitative estimate of drug-likeness (QED) is 0.896. The van der Waals surface area contributed by atoms with Gasteiger partial charge in [0.1, 0.15) is 0 Å². The third-order valence-corrected chi connectivity index (χ3v) is 5.79. The largest absolute Gasteiger partial charge is 0.315 e. The molecule has 2 fully saturated rings. The van der Waals surface area contributed by atoms with Crippen molar-refractivity contribution in [3.05, 3.63) is 29.8 Å². The number of amides is 1. The Balaban J connectivity index is 1.34. The van der Waals surface area contributed by atoms with Gasteiger partial charge < -0.3 is 10.2 Å².